The Bertz CT molecular complexity index is 1120. The summed E-state index contributed by atoms with van der Waals surface area (Å²) in [6, 6.07) is 7.29. The summed E-state index contributed by atoms with van der Waals surface area (Å²) in [5.74, 6) is 2.84. The summed E-state index contributed by atoms with van der Waals surface area (Å²) in [4.78, 5) is 37.6. The average Bonchev–Trinajstić information content (AvgIpc) is 2.97. The standard InChI is InChI=1S/C32H45N5O3/c1-3-4-22-5-9-24(10-6-22)25-13-15-36(16-14-25)28-18-34-30(35-19-28)26-11-7-23(8-12-26)17-29(33)31(38)37-20-27(21-37)32(39)40-2/h7-8,11-12,18-19,22,24-25,27,29H,3-6,9-10,13-17,20-21,33H2,1-2H3. The lowest BCUT2D eigenvalue weighted by Crippen LogP contribution is -2.57. The van der Waals surface area contributed by atoms with E-state index < -0.39 is 6.04 Å². The highest BCUT2D eigenvalue weighted by atomic mass is 16.5. The van der Waals surface area contributed by atoms with Crippen molar-refractivity contribution in [2.45, 2.75) is 70.8 Å². The number of hydrogen-bond donors (Lipinski definition) is 1. The molecule has 216 valence electrons. The Kier molecular flexibility index (Phi) is 9.35. The van der Waals surface area contributed by atoms with Crippen molar-refractivity contribution in [3.63, 3.8) is 0 Å². The number of esters is 1. The van der Waals surface area contributed by atoms with Crippen molar-refractivity contribution in [1.29, 1.82) is 0 Å². The van der Waals surface area contributed by atoms with E-state index in [0.717, 1.165) is 47.7 Å². The summed E-state index contributed by atoms with van der Waals surface area (Å²) >= 11 is 0. The third-order valence-corrected chi connectivity index (χ3v) is 9.51. The number of methoxy groups -OCH3 is 1. The number of nitrogens with two attached hydrogens (primary N) is 1. The number of amides is 1. The Balaban J connectivity index is 1.08. The van der Waals surface area contributed by atoms with Crippen LogP contribution < -0.4 is 10.6 Å². The number of anilines is 1. The molecule has 3 aliphatic rings. The van der Waals surface area contributed by atoms with Gasteiger partial charge < -0.3 is 20.3 Å². The molecular formula is C32H45N5O3. The second-order valence-electron chi connectivity index (χ2n) is 12.1. The van der Waals surface area contributed by atoms with E-state index in [9.17, 15) is 9.59 Å². The van der Waals surface area contributed by atoms with Gasteiger partial charge in [0.2, 0.25) is 5.91 Å². The van der Waals surface area contributed by atoms with Crippen molar-refractivity contribution in [3.8, 4) is 11.4 Å². The molecule has 2 saturated heterocycles. The third kappa shape index (κ3) is 6.65. The second-order valence-corrected chi connectivity index (χ2v) is 12.1. The Hall–Kier alpha value is -3.00. The third-order valence-electron chi connectivity index (χ3n) is 9.51. The van der Waals surface area contributed by atoms with Crippen LogP contribution in [-0.2, 0) is 20.7 Å². The van der Waals surface area contributed by atoms with E-state index in [-0.39, 0.29) is 17.8 Å². The van der Waals surface area contributed by atoms with E-state index in [1.54, 1.807) is 4.90 Å². The molecular weight excluding hydrogens is 502 g/mol. The molecule has 8 nitrogen and oxygen atoms in total. The molecule has 2 aliphatic heterocycles. The van der Waals surface area contributed by atoms with Gasteiger partial charge in [0, 0.05) is 31.7 Å². The smallest absolute Gasteiger partial charge is 0.312 e. The summed E-state index contributed by atoms with van der Waals surface area (Å²) in [5, 5.41) is 0. The molecule has 40 heavy (non-hydrogen) atoms. The number of benzene rings is 1. The van der Waals surface area contributed by atoms with Crippen LogP contribution in [0.2, 0.25) is 0 Å². The molecule has 1 atom stereocenters. The highest BCUT2D eigenvalue weighted by Crippen LogP contribution is 2.39. The highest BCUT2D eigenvalue weighted by molar-refractivity contribution is 5.85. The molecule has 0 radical (unpaired) electrons. The molecule has 2 N–H and O–H groups in total. The van der Waals surface area contributed by atoms with Crippen LogP contribution in [0.3, 0.4) is 0 Å². The van der Waals surface area contributed by atoms with Gasteiger partial charge in [-0.1, -0.05) is 56.9 Å². The van der Waals surface area contributed by atoms with Crippen molar-refractivity contribution >= 4 is 17.6 Å². The molecule has 1 saturated carbocycles. The molecule has 3 fully saturated rings. The van der Waals surface area contributed by atoms with Crippen molar-refractivity contribution in [3.05, 3.63) is 42.2 Å². The second kappa shape index (κ2) is 13.1. The van der Waals surface area contributed by atoms with Crippen molar-refractivity contribution in [1.82, 2.24) is 14.9 Å². The average molecular weight is 548 g/mol. The Morgan fingerprint density at radius 2 is 1.60 bits per heavy atom. The van der Waals surface area contributed by atoms with Crippen LogP contribution in [0, 0.1) is 23.7 Å². The number of likely N-dealkylation sites (tertiary alicyclic amines) is 1. The monoisotopic (exact) mass is 547 g/mol. The van der Waals surface area contributed by atoms with Gasteiger partial charge in [-0.15, -0.1) is 0 Å². The number of nitrogens with zero attached hydrogens (tertiary/aromatic N) is 4. The predicted molar refractivity (Wildman–Crippen MR) is 157 cm³/mol. The summed E-state index contributed by atoms with van der Waals surface area (Å²) in [6.07, 6.45) is 15.4. The molecule has 3 heterocycles. The fourth-order valence-corrected chi connectivity index (χ4v) is 6.96. The van der Waals surface area contributed by atoms with Gasteiger partial charge in [-0.2, -0.15) is 0 Å². The molecule has 1 unspecified atom stereocenters. The lowest BCUT2D eigenvalue weighted by molar-refractivity contribution is -0.156. The zero-order chi connectivity index (χ0) is 28.1. The van der Waals surface area contributed by atoms with E-state index >= 15 is 0 Å². The number of piperidine rings is 1. The maximum atomic E-state index is 12.6. The summed E-state index contributed by atoms with van der Waals surface area (Å²) in [5.41, 5.74) is 9.21. The minimum atomic E-state index is -0.639. The van der Waals surface area contributed by atoms with Gasteiger partial charge >= 0.3 is 5.97 Å². The Labute approximate surface area is 238 Å². The quantitative estimate of drug-likeness (QED) is 0.462. The SMILES string of the molecule is CCCC1CCC(C2CCN(c3cnc(-c4ccc(CC(N)C(=O)N5CC(C(=O)OC)C5)cc4)nc3)CC2)CC1. The summed E-state index contributed by atoms with van der Waals surface area (Å²) in [6.45, 7) is 5.26. The zero-order valence-corrected chi connectivity index (χ0v) is 24.1. The first-order chi connectivity index (χ1) is 19.4. The first-order valence-corrected chi connectivity index (χ1v) is 15.2. The predicted octanol–water partition coefficient (Wildman–Crippen LogP) is 4.47. The van der Waals surface area contributed by atoms with E-state index in [4.69, 9.17) is 10.5 Å². The highest BCUT2D eigenvalue weighted by Gasteiger charge is 2.38. The van der Waals surface area contributed by atoms with E-state index in [1.807, 2.05) is 36.7 Å². The van der Waals surface area contributed by atoms with Gasteiger partial charge in [-0.05, 0) is 55.4 Å². The lowest BCUT2D eigenvalue weighted by atomic mass is 9.72. The Morgan fingerprint density at radius 1 is 0.975 bits per heavy atom. The lowest BCUT2D eigenvalue weighted by Gasteiger charge is -2.39. The minimum Gasteiger partial charge on any atom is -0.469 e. The molecule has 0 bridgehead atoms. The van der Waals surface area contributed by atoms with E-state index in [0.29, 0.717) is 25.3 Å². The summed E-state index contributed by atoms with van der Waals surface area (Å²) in [7, 11) is 1.37. The fourth-order valence-electron chi connectivity index (χ4n) is 6.96. The van der Waals surface area contributed by atoms with Gasteiger partial charge in [0.05, 0.1) is 37.2 Å². The van der Waals surface area contributed by atoms with Gasteiger partial charge in [0.25, 0.3) is 0 Å². The minimum absolute atomic E-state index is 0.133. The van der Waals surface area contributed by atoms with Crippen LogP contribution in [0.1, 0.15) is 63.9 Å². The number of carbonyl (C=O) groups is 2. The van der Waals surface area contributed by atoms with Gasteiger partial charge in [-0.3, -0.25) is 9.59 Å². The Morgan fingerprint density at radius 3 is 2.20 bits per heavy atom. The number of hydrogen-bond acceptors (Lipinski definition) is 7. The molecule has 0 spiro atoms. The number of carbonyl (C=O) groups excluding carboxylic acids is 2. The first kappa shape index (κ1) is 28.5. The maximum Gasteiger partial charge on any atom is 0.312 e. The molecule has 1 aromatic heterocycles. The molecule has 1 amide bonds. The van der Waals surface area contributed by atoms with Crippen LogP contribution in [-0.4, -0.2) is 66.1 Å². The topological polar surface area (TPSA) is 102 Å². The van der Waals surface area contributed by atoms with Crippen LogP contribution in [0.5, 0.6) is 0 Å². The molecule has 1 aliphatic carbocycles. The molecule has 5 rings (SSSR count). The van der Waals surface area contributed by atoms with Crippen LogP contribution in [0.4, 0.5) is 5.69 Å². The fraction of sp³-hybridized carbons (Fsp3) is 0.625. The van der Waals surface area contributed by atoms with E-state index in [2.05, 4.69) is 21.8 Å². The van der Waals surface area contributed by atoms with Gasteiger partial charge in [0.15, 0.2) is 5.82 Å². The number of aromatic nitrogens is 2. The molecule has 8 heteroatoms. The first-order valence-electron chi connectivity index (χ1n) is 15.2. The van der Waals surface area contributed by atoms with Gasteiger partial charge in [0.1, 0.15) is 0 Å². The number of ether oxygens (including phenoxy) is 1. The van der Waals surface area contributed by atoms with Crippen molar-refractivity contribution in [2.24, 2.45) is 29.4 Å². The van der Waals surface area contributed by atoms with Crippen LogP contribution in [0.15, 0.2) is 36.7 Å². The molecule has 2 aromatic rings. The van der Waals surface area contributed by atoms with Crippen LogP contribution >= 0.6 is 0 Å². The largest absolute Gasteiger partial charge is 0.469 e. The molecule has 1 aromatic carbocycles. The van der Waals surface area contributed by atoms with Gasteiger partial charge in [-0.25, -0.2) is 9.97 Å². The summed E-state index contributed by atoms with van der Waals surface area (Å²) < 4.78 is 4.74. The van der Waals surface area contributed by atoms with Crippen molar-refractivity contribution < 1.29 is 14.3 Å². The van der Waals surface area contributed by atoms with Crippen LogP contribution in [0.25, 0.3) is 11.4 Å². The zero-order valence-electron chi connectivity index (χ0n) is 24.1. The normalized spacial score (nSPS) is 23.0. The van der Waals surface area contributed by atoms with Crippen molar-refractivity contribution in [2.75, 3.05) is 38.2 Å². The maximum absolute atomic E-state index is 12.6. The number of rotatable bonds is 9. The van der Waals surface area contributed by atoms with E-state index in [1.165, 1.54) is 58.5 Å².